The molecule has 27 heavy (non-hydrogen) atoms. The zero-order valence-electron chi connectivity index (χ0n) is 16.5. The van der Waals surface area contributed by atoms with E-state index in [4.69, 9.17) is 4.74 Å². The summed E-state index contributed by atoms with van der Waals surface area (Å²) in [6.45, 7) is 3.86. The van der Waals surface area contributed by atoms with Gasteiger partial charge < -0.3 is 9.64 Å². The number of sulfonamides is 1. The minimum Gasteiger partial charge on any atom is -0.497 e. The number of piperidine rings is 1. The number of likely N-dealkylation sites (tertiary alicyclic amines) is 1. The fraction of sp³-hybridized carbons (Fsp3) is 0.714. The molecule has 5 nitrogen and oxygen atoms in total. The summed E-state index contributed by atoms with van der Waals surface area (Å²) in [6, 6.07) is 6.55. The molecule has 0 amide bonds. The van der Waals surface area contributed by atoms with E-state index in [2.05, 4.69) is 9.62 Å². The second-order valence-corrected chi connectivity index (χ2v) is 9.90. The second-order valence-electron chi connectivity index (χ2n) is 8.13. The summed E-state index contributed by atoms with van der Waals surface area (Å²) in [5.74, 6) is 2.02. The third-order valence-electron chi connectivity index (χ3n) is 6.10. The molecule has 0 radical (unpaired) electrons. The van der Waals surface area contributed by atoms with Gasteiger partial charge >= 0.3 is 0 Å². The van der Waals surface area contributed by atoms with E-state index in [9.17, 15) is 8.42 Å². The van der Waals surface area contributed by atoms with Crippen LogP contribution in [0.25, 0.3) is 0 Å². The molecule has 152 valence electrons. The fourth-order valence-electron chi connectivity index (χ4n) is 4.49. The van der Waals surface area contributed by atoms with Gasteiger partial charge in [-0.2, -0.15) is 0 Å². The Morgan fingerprint density at radius 1 is 1.07 bits per heavy atom. The van der Waals surface area contributed by atoms with Gasteiger partial charge in [-0.05, 0) is 74.9 Å². The molecule has 0 aromatic heterocycles. The Hall–Kier alpha value is -1.11. The fourth-order valence-corrected chi connectivity index (χ4v) is 5.61. The number of hydrogen-bond acceptors (Lipinski definition) is 4. The maximum Gasteiger partial charge on any atom is 0.240 e. The lowest BCUT2D eigenvalue weighted by atomic mass is 9.97. The molecule has 1 saturated heterocycles. The summed E-state index contributed by atoms with van der Waals surface area (Å²) in [5.41, 5.74) is 0. The molecular weight excluding hydrogens is 360 g/mol. The summed E-state index contributed by atoms with van der Waals surface area (Å²) in [7, 11) is -1.88. The Morgan fingerprint density at radius 3 is 2.48 bits per heavy atom. The lowest BCUT2D eigenvalue weighted by Crippen LogP contribution is -2.41. The summed E-state index contributed by atoms with van der Waals surface area (Å²) in [4.78, 5) is 2.83. The molecule has 3 rings (SSSR count). The van der Waals surface area contributed by atoms with Crippen molar-refractivity contribution in [1.29, 1.82) is 0 Å². The van der Waals surface area contributed by atoms with Crippen LogP contribution in [0.4, 0.5) is 0 Å². The highest BCUT2D eigenvalue weighted by Crippen LogP contribution is 2.29. The van der Waals surface area contributed by atoms with E-state index >= 15 is 0 Å². The molecule has 1 aliphatic carbocycles. The summed E-state index contributed by atoms with van der Waals surface area (Å²) in [5, 5.41) is 0. The molecular formula is C21H34N2O3S. The number of methoxy groups -OCH3 is 1. The van der Waals surface area contributed by atoms with Crippen LogP contribution in [0.3, 0.4) is 0 Å². The van der Waals surface area contributed by atoms with Crippen molar-refractivity contribution in [1.82, 2.24) is 9.62 Å². The Bertz CT molecular complexity index is 669. The number of benzene rings is 1. The monoisotopic (exact) mass is 394 g/mol. The standard InChI is InChI=1S/C21H34N2O3S/c1-26-20-10-12-21(13-11-20)27(24,25)22-16-19-9-5-15-23(17-19)14-4-8-18-6-2-3-7-18/h10-13,18-19,22H,2-9,14-17H2,1H3. The van der Waals surface area contributed by atoms with Crippen LogP contribution in [0.1, 0.15) is 51.4 Å². The van der Waals surface area contributed by atoms with Crippen LogP contribution >= 0.6 is 0 Å². The van der Waals surface area contributed by atoms with Gasteiger partial charge in [0.2, 0.25) is 10.0 Å². The summed E-state index contributed by atoms with van der Waals surface area (Å²) < 4.78 is 32.9. The van der Waals surface area contributed by atoms with Crippen LogP contribution in [0.15, 0.2) is 29.2 Å². The third kappa shape index (κ3) is 6.19. The van der Waals surface area contributed by atoms with Crippen LogP contribution in [0.5, 0.6) is 5.75 Å². The van der Waals surface area contributed by atoms with Crippen LogP contribution < -0.4 is 9.46 Å². The number of nitrogens with zero attached hydrogens (tertiary/aromatic N) is 1. The van der Waals surface area contributed by atoms with Gasteiger partial charge in [0, 0.05) is 13.1 Å². The molecule has 1 unspecified atom stereocenters. The van der Waals surface area contributed by atoms with Gasteiger partial charge in [0.1, 0.15) is 5.75 Å². The first-order valence-corrected chi connectivity index (χ1v) is 11.9. The van der Waals surface area contributed by atoms with Crippen molar-refractivity contribution in [3.8, 4) is 5.75 Å². The average molecular weight is 395 g/mol. The van der Waals surface area contributed by atoms with Crippen LogP contribution in [0.2, 0.25) is 0 Å². The lowest BCUT2D eigenvalue weighted by Gasteiger charge is -2.33. The van der Waals surface area contributed by atoms with Gasteiger partial charge in [-0.15, -0.1) is 0 Å². The van der Waals surface area contributed by atoms with E-state index in [1.165, 1.54) is 44.9 Å². The molecule has 0 bridgehead atoms. The van der Waals surface area contributed by atoms with Crippen molar-refractivity contribution >= 4 is 10.0 Å². The molecule has 1 aromatic rings. The Morgan fingerprint density at radius 2 is 1.78 bits per heavy atom. The van der Waals surface area contributed by atoms with Crippen molar-refractivity contribution in [3.63, 3.8) is 0 Å². The molecule has 2 aliphatic rings. The predicted molar refractivity (Wildman–Crippen MR) is 109 cm³/mol. The minimum atomic E-state index is -3.45. The van der Waals surface area contributed by atoms with E-state index in [1.54, 1.807) is 31.4 Å². The van der Waals surface area contributed by atoms with Crippen LogP contribution in [0, 0.1) is 11.8 Å². The third-order valence-corrected chi connectivity index (χ3v) is 7.54. The van der Waals surface area contributed by atoms with Crippen molar-refractivity contribution in [3.05, 3.63) is 24.3 Å². The molecule has 0 spiro atoms. The van der Waals surface area contributed by atoms with E-state index in [-0.39, 0.29) is 0 Å². The van der Waals surface area contributed by atoms with E-state index in [0.29, 0.717) is 23.1 Å². The highest BCUT2D eigenvalue weighted by atomic mass is 32.2. The topological polar surface area (TPSA) is 58.6 Å². The highest BCUT2D eigenvalue weighted by molar-refractivity contribution is 7.89. The van der Waals surface area contributed by atoms with Crippen molar-refractivity contribution < 1.29 is 13.2 Å². The maximum atomic E-state index is 12.5. The predicted octanol–water partition coefficient (Wildman–Crippen LogP) is 3.66. The van der Waals surface area contributed by atoms with Crippen molar-refractivity contribution in [2.75, 3.05) is 33.3 Å². The normalized spacial score (nSPS) is 22.2. The first-order valence-electron chi connectivity index (χ1n) is 10.4. The number of hydrogen-bond donors (Lipinski definition) is 1. The van der Waals surface area contributed by atoms with E-state index in [1.807, 2.05) is 0 Å². The van der Waals surface area contributed by atoms with Crippen molar-refractivity contribution in [2.45, 2.75) is 56.3 Å². The second kappa shape index (κ2) is 9.89. The Kier molecular flexibility index (Phi) is 7.56. The first kappa shape index (κ1) is 20.6. The van der Waals surface area contributed by atoms with Gasteiger partial charge in [0.15, 0.2) is 0 Å². The van der Waals surface area contributed by atoms with Crippen molar-refractivity contribution in [2.24, 2.45) is 11.8 Å². The van der Waals surface area contributed by atoms with Gasteiger partial charge in [0.05, 0.1) is 12.0 Å². The SMILES string of the molecule is COc1ccc(S(=O)(=O)NCC2CCCN(CCCC3CCCC3)C2)cc1. The lowest BCUT2D eigenvalue weighted by molar-refractivity contribution is 0.170. The molecule has 1 saturated carbocycles. The quantitative estimate of drug-likeness (QED) is 0.694. The van der Waals surface area contributed by atoms with Crippen LogP contribution in [-0.4, -0.2) is 46.6 Å². The summed E-state index contributed by atoms with van der Waals surface area (Å²) >= 11 is 0. The largest absolute Gasteiger partial charge is 0.497 e. The van der Waals surface area contributed by atoms with Gasteiger partial charge in [0.25, 0.3) is 0 Å². The molecule has 1 aromatic carbocycles. The van der Waals surface area contributed by atoms with Gasteiger partial charge in [-0.25, -0.2) is 13.1 Å². The summed E-state index contributed by atoms with van der Waals surface area (Å²) in [6.07, 6.45) is 10.6. The molecule has 1 N–H and O–H groups in total. The molecule has 2 fully saturated rings. The first-order chi connectivity index (χ1) is 13.1. The average Bonchev–Trinajstić information content (AvgIpc) is 3.20. The molecule has 6 heteroatoms. The maximum absolute atomic E-state index is 12.5. The minimum absolute atomic E-state index is 0.299. The zero-order valence-corrected chi connectivity index (χ0v) is 17.3. The van der Waals surface area contributed by atoms with Gasteiger partial charge in [-0.1, -0.05) is 25.7 Å². The number of rotatable bonds is 9. The van der Waals surface area contributed by atoms with Crippen LogP contribution in [-0.2, 0) is 10.0 Å². The molecule has 1 heterocycles. The zero-order chi connectivity index (χ0) is 19.1. The highest BCUT2D eigenvalue weighted by Gasteiger charge is 2.23. The van der Waals surface area contributed by atoms with E-state index < -0.39 is 10.0 Å². The molecule has 1 atom stereocenters. The Labute approximate surface area is 164 Å². The number of ether oxygens (including phenoxy) is 1. The molecule has 1 aliphatic heterocycles. The smallest absolute Gasteiger partial charge is 0.240 e. The van der Waals surface area contributed by atoms with Gasteiger partial charge in [-0.3, -0.25) is 0 Å². The number of nitrogens with one attached hydrogen (secondary N) is 1. The Balaban J connectivity index is 1.42. The van der Waals surface area contributed by atoms with E-state index in [0.717, 1.165) is 32.0 Å².